The van der Waals surface area contributed by atoms with Gasteiger partial charge in [0.2, 0.25) is 5.78 Å². The van der Waals surface area contributed by atoms with Crippen molar-refractivity contribution in [3.8, 4) is 0 Å². The normalized spacial score (nSPS) is 16.8. The maximum Gasteiger partial charge on any atom is 0.207 e. The van der Waals surface area contributed by atoms with E-state index in [1.165, 1.54) is 0 Å². The van der Waals surface area contributed by atoms with E-state index < -0.39 is 0 Å². The van der Waals surface area contributed by atoms with Gasteiger partial charge in [-0.15, -0.1) is 0 Å². The summed E-state index contributed by atoms with van der Waals surface area (Å²) in [5.74, 6) is 0.147. The molecule has 78 valence electrons. The van der Waals surface area contributed by atoms with E-state index in [2.05, 4.69) is 0 Å². The van der Waals surface area contributed by atoms with Crippen molar-refractivity contribution in [2.24, 2.45) is 0 Å². The van der Waals surface area contributed by atoms with Crippen LogP contribution in [-0.4, -0.2) is 10.4 Å². The predicted molar refractivity (Wildman–Crippen MR) is 63.2 cm³/mol. The first-order chi connectivity index (χ1) is 7.84. The Morgan fingerprint density at radius 1 is 1.06 bits per heavy atom. The number of fused-ring (bicyclic) bond motifs is 1. The van der Waals surface area contributed by atoms with Crippen LogP contribution in [0.25, 0.3) is 6.08 Å². The molecule has 0 saturated heterocycles. The highest BCUT2D eigenvalue weighted by Gasteiger charge is 2.23. The molecule has 2 heteroatoms. The van der Waals surface area contributed by atoms with Crippen molar-refractivity contribution in [3.05, 3.63) is 65.5 Å². The van der Waals surface area contributed by atoms with E-state index in [4.69, 9.17) is 0 Å². The molecule has 0 aliphatic carbocycles. The Morgan fingerprint density at radius 3 is 2.62 bits per heavy atom. The summed E-state index contributed by atoms with van der Waals surface area (Å²) in [5.41, 5.74) is 2.74. The number of allylic oxidation sites excluding steroid dienone is 1. The van der Waals surface area contributed by atoms with Crippen LogP contribution in [0.2, 0.25) is 0 Å². The number of carbonyl (C=O) groups excluding carboxylic acids is 1. The molecule has 0 atom stereocenters. The summed E-state index contributed by atoms with van der Waals surface area (Å²) in [6, 6.07) is 13.7. The van der Waals surface area contributed by atoms with Gasteiger partial charge in [-0.1, -0.05) is 30.3 Å². The smallest absolute Gasteiger partial charge is 0.207 e. The average molecular weight is 209 g/mol. The van der Waals surface area contributed by atoms with Gasteiger partial charge in [-0.25, -0.2) is 0 Å². The molecular formula is C14H11NO. The number of nitrogens with zero attached hydrogens (tertiary/aromatic N) is 1. The van der Waals surface area contributed by atoms with Gasteiger partial charge < -0.3 is 4.57 Å². The predicted octanol–water partition coefficient (Wildman–Crippen LogP) is 2.77. The first-order valence-corrected chi connectivity index (χ1v) is 5.30. The molecule has 2 heterocycles. The van der Waals surface area contributed by atoms with Crippen LogP contribution in [0.15, 0.2) is 54.2 Å². The van der Waals surface area contributed by atoms with E-state index in [1.807, 2.05) is 59.3 Å². The van der Waals surface area contributed by atoms with Crippen LogP contribution in [0, 0.1) is 0 Å². The van der Waals surface area contributed by atoms with E-state index in [-0.39, 0.29) is 5.78 Å². The molecule has 2 nitrogen and oxygen atoms in total. The molecule has 0 N–H and O–H groups in total. The Bertz CT molecular complexity index is 563. The molecule has 1 aliphatic rings. The summed E-state index contributed by atoms with van der Waals surface area (Å²) in [6.07, 6.45) is 3.91. The molecule has 0 fully saturated rings. The van der Waals surface area contributed by atoms with Crippen LogP contribution in [0.3, 0.4) is 0 Å². The second-order valence-corrected chi connectivity index (χ2v) is 3.93. The van der Waals surface area contributed by atoms with Gasteiger partial charge in [0.1, 0.15) is 0 Å². The minimum atomic E-state index is 0.147. The van der Waals surface area contributed by atoms with Gasteiger partial charge in [0.25, 0.3) is 0 Å². The maximum atomic E-state index is 12.0. The monoisotopic (exact) mass is 209 g/mol. The number of carbonyl (C=O) groups is 1. The molecular weight excluding hydrogens is 198 g/mol. The third-order valence-electron chi connectivity index (χ3n) is 2.83. The average Bonchev–Trinajstić information content (AvgIpc) is 2.86. The minimum Gasteiger partial charge on any atom is -0.340 e. The van der Waals surface area contributed by atoms with E-state index in [0.717, 1.165) is 16.8 Å². The zero-order valence-electron chi connectivity index (χ0n) is 8.76. The number of hydrogen-bond acceptors (Lipinski definition) is 1. The lowest BCUT2D eigenvalue weighted by molar-refractivity contribution is 0.103. The highest BCUT2D eigenvalue weighted by molar-refractivity contribution is 6.12. The third kappa shape index (κ3) is 1.39. The van der Waals surface area contributed by atoms with Crippen LogP contribution in [-0.2, 0) is 6.54 Å². The van der Waals surface area contributed by atoms with Crippen molar-refractivity contribution in [3.63, 3.8) is 0 Å². The highest BCUT2D eigenvalue weighted by atomic mass is 16.1. The molecule has 1 aromatic heterocycles. The summed E-state index contributed by atoms with van der Waals surface area (Å²) in [6.45, 7) is 0.691. The van der Waals surface area contributed by atoms with Crippen molar-refractivity contribution in [2.45, 2.75) is 6.54 Å². The molecule has 3 rings (SSSR count). The molecule has 0 spiro atoms. The lowest BCUT2D eigenvalue weighted by Gasteiger charge is -1.96. The lowest BCUT2D eigenvalue weighted by atomic mass is 10.1. The minimum absolute atomic E-state index is 0.147. The summed E-state index contributed by atoms with van der Waals surface area (Å²) < 4.78 is 1.98. The number of ketones is 1. The Kier molecular flexibility index (Phi) is 2.00. The van der Waals surface area contributed by atoms with Crippen LogP contribution in [0.1, 0.15) is 16.1 Å². The number of hydrogen-bond donors (Lipinski definition) is 0. The Labute approximate surface area is 93.8 Å². The van der Waals surface area contributed by atoms with Crippen molar-refractivity contribution < 1.29 is 4.79 Å². The Morgan fingerprint density at radius 2 is 1.88 bits per heavy atom. The maximum absolute atomic E-state index is 12.0. The number of aromatic nitrogens is 1. The van der Waals surface area contributed by atoms with E-state index in [0.29, 0.717) is 6.54 Å². The largest absolute Gasteiger partial charge is 0.340 e. The van der Waals surface area contributed by atoms with Gasteiger partial charge in [0.15, 0.2) is 0 Å². The number of Topliss-reactive ketones (excluding diaryl/α,β-unsaturated/α-hetero) is 1. The van der Waals surface area contributed by atoms with Gasteiger partial charge in [0, 0.05) is 11.8 Å². The molecule has 0 amide bonds. The number of benzene rings is 1. The quantitative estimate of drug-likeness (QED) is 0.662. The second kappa shape index (κ2) is 3.49. The molecule has 0 bridgehead atoms. The molecule has 16 heavy (non-hydrogen) atoms. The van der Waals surface area contributed by atoms with E-state index >= 15 is 0 Å². The molecule has 0 unspecified atom stereocenters. The van der Waals surface area contributed by atoms with Crippen LogP contribution >= 0.6 is 0 Å². The van der Waals surface area contributed by atoms with Crippen molar-refractivity contribution >= 4 is 11.9 Å². The topological polar surface area (TPSA) is 22.0 Å². The molecule has 0 radical (unpaired) electrons. The first kappa shape index (κ1) is 9.16. The van der Waals surface area contributed by atoms with Gasteiger partial charge >= 0.3 is 0 Å². The van der Waals surface area contributed by atoms with Crippen molar-refractivity contribution in [1.29, 1.82) is 0 Å². The zero-order chi connectivity index (χ0) is 11.0. The number of rotatable bonds is 1. The van der Waals surface area contributed by atoms with E-state index in [9.17, 15) is 4.79 Å². The second-order valence-electron chi connectivity index (χ2n) is 3.93. The summed E-state index contributed by atoms with van der Waals surface area (Å²) in [5, 5.41) is 0. The van der Waals surface area contributed by atoms with E-state index in [1.54, 1.807) is 0 Å². The lowest BCUT2D eigenvalue weighted by Crippen LogP contribution is -1.94. The van der Waals surface area contributed by atoms with Gasteiger partial charge in [-0.2, -0.15) is 0 Å². The summed E-state index contributed by atoms with van der Waals surface area (Å²) >= 11 is 0. The molecule has 1 aromatic carbocycles. The summed E-state index contributed by atoms with van der Waals surface area (Å²) in [4.78, 5) is 12.0. The first-order valence-electron chi connectivity index (χ1n) is 5.30. The van der Waals surface area contributed by atoms with Gasteiger partial charge in [-0.05, 0) is 23.8 Å². The summed E-state index contributed by atoms with van der Waals surface area (Å²) in [7, 11) is 0. The van der Waals surface area contributed by atoms with Crippen molar-refractivity contribution in [1.82, 2.24) is 4.57 Å². The molecule has 1 aliphatic heterocycles. The Balaban J connectivity index is 1.98. The Hall–Kier alpha value is -2.09. The fourth-order valence-electron chi connectivity index (χ4n) is 2.04. The highest BCUT2D eigenvalue weighted by Crippen LogP contribution is 2.22. The molecule has 0 saturated carbocycles. The van der Waals surface area contributed by atoms with Crippen LogP contribution in [0.4, 0.5) is 0 Å². The standard InChI is InChI=1S/C14H11NO/c16-14-12(9-11-5-2-1-3-6-11)10-15-8-4-7-13(14)15/h1-9H,10H2/b12-9+. The van der Waals surface area contributed by atoms with Crippen LogP contribution in [0.5, 0.6) is 0 Å². The zero-order valence-corrected chi connectivity index (χ0v) is 8.76. The van der Waals surface area contributed by atoms with Gasteiger partial charge in [0.05, 0.1) is 12.2 Å². The van der Waals surface area contributed by atoms with Crippen LogP contribution < -0.4 is 0 Å². The molecule has 2 aromatic rings. The third-order valence-corrected chi connectivity index (χ3v) is 2.83. The fraction of sp³-hybridized carbons (Fsp3) is 0.0714. The SMILES string of the molecule is O=C1/C(=C/c2ccccc2)Cn2cccc21. The van der Waals surface area contributed by atoms with Gasteiger partial charge in [-0.3, -0.25) is 4.79 Å². The van der Waals surface area contributed by atoms with Crippen molar-refractivity contribution in [2.75, 3.05) is 0 Å². The fourth-order valence-corrected chi connectivity index (χ4v) is 2.04.